The van der Waals surface area contributed by atoms with E-state index in [0.29, 0.717) is 51.9 Å². The monoisotopic (exact) mass is 920 g/mol. The maximum atomic E-state index is 14.5. The number of carbonyl (C=O) groups is 1. The van der Waals surface area contributed by atoms with Gasteiger partial charge in [-0.1, -0.05) is 12.2 Å². The van der Waals surface area contributed by atoms with Crippen molar-refractivity contribution < 1.29 is 48.0 Å². The number of sulfonamides is 2. The Morgan fingerprint density at radius 1 is 0.694 bits per heavy atom. The van der Waals surface area contributed by atoms with Gasteiger partial charge in [0.15, 0.2) is 47.2 Å². The predicted molar refractivity (Wildman–Crippen MR) is 221 cm³/mol. The Balaban J connectivity index is 0.000000186. The number of hydrogen-bond donors (Lipinski definition) is 4. The zero-order chi connectivity index (χ0) is 44.7. The molecule has 2 aromatic carbocycles. The average Bonchev–Trinajstić information content (AvgIpc) is 3.88. The third-order valence-electron chi connectivity index (χ3n) is 10.1. The van der Waals surface area contributed by atoms with Crippen molar-refractivity contribution >= 4 is 88.6 Å². The molecule has 4 aromatic heterocycles. The van der Waals surface area contributed by atoms with E-state index >= 15 is 0 Å². The van der Waals surface area contributed by atoms with Gasteiger partial charge in [-0.2, -0.15) is 9.97 Å². The minimum absolute atomic E-state index is 0.00291. The lowest BCUT2D eigenvalue weighted by Crippen LogP contribution is -2.42. The van der Waals surface area contributed by atoms with E-state index in [4.69, 9.17) is 32.5 Å². The molecule has 2 aliphatic rings. The number of anilines is 4. The summed E-state index contributed by atoms with van der Waals surface area (Å²) in [5.74, 6) is -5.74. The highest BCUT2D eigenvalue weighted by molar-refractivity contribution is 7.88. The Morgan fingerprint density at radius 3 is 1.52 bits per heavy atom. The van der Waals surface area contributed by atoms with Crippen molar-refractivity contribution in [3.8, 4) is 0 Å². The first kappa shape index (κ1) is 44.1. The summed E-state index contributed by atoms with van der Waals surface area (Å²) in [6.45, 7) is 1.49. The Bertz CT molecular complexity index is 2740. The maximum Gasteiger partial charge on any atom is 0.224 e. The molecule has 19 nitrogen and oxygen atoms in total. The van der Waals surface area contributed by atoms with E-state index in [1.165, 1.54) is 21.1 Å². The first-order valence-electron chi connectivity index (χ1n) is 18.5. The van der Waals surface area contributed by atoms with Crippen molar-refractivity contribution in [2.45, 2.75) is 37.8 Å². The van der Waals surface area contributed by atoms with Crippen LogP contribution in [-0.4, -0.2) is 117 Å². The van der Waals surface area contributed by atoms with E-state index in [1.807, 2.05) is 0 Å². The van der Waals surface area contributed by atoms with Crippen LogP contribution in [0.25, 0.3) is 22.2 Å². The molecular weight excluding hydrogens is 885 g/mol. The number of nitrogen functional groups attached to an aromatic ring is 2. The largest absolute Gasteiger partial charge is 0.443 e. The van der Waals surface area contributed by atoms with E-state index in [1.54, 1.807) is 0 Å². The Hall–Kier alpha value is -5.96. The Labute approximate surface area is 355 Å². The number of nitrogens with two attached hydrogens (primary N) is 2. The lowest BCUT2D eigenvalue weighted by molar-refractivity contribution is 0.103. The first-order chi connectivity index (χ1) is 29.3. The Kier molecular flexibility index (Phi) is 12.4. The predicted octanol–water partition coefficient (Wildman–Crippen LogP) is 3.63. The summed E-state index contributed by atoms with van der Waals surface area (Å²) in [5.41, 5.74) is 10.8. The summed E-state index contributed by atoms with van der Waals surface area (Å²) in [6.07, 6.45) is 9.05. The number of carbonyl (C=O) groups excluding carboxylic acids is 1. The molecule has 2 fully saturated rings. The quantitative estimate of drug-likeness (QED) is 0.0868. The van der Waals surface area contributed by atoms with Crippen LogP contribution >= 0.6 is 12.2 Å². The van der Waals surface area contributed by atoms with E-state index in [9.17, 15) is 39.2 Å². The number of nitrogens with zero attached hydrogens (tertiary/aromatic N) is 8. The number of thiocarbonyl (C=S) groups is 1. The van der Waals surface area contributed by atoms with Crippen LogP contribution in [0.4, 0.5) is 41.1 Å². The molecule has 2 saturated heterocycles. The fourth-order valence-electron chi connectivity index (χ4n) is 6.88. The lowest BCUT2D eigenvalue weighted by Gasteiger charge is -2.30. The van der Waals surface area contributed by atoms with Crippen molar-refractivity contribution in [3.63, 3.8) is 0 Å². The molecule has 6 N–H and O–H groups in total. The second-order valence-electron chi connectivity index (χ2n) is 14.3. The van der Waals surface area contributed by atoms with Crippen molar-refractivity contribution in [1.29, 1.82) is 0 Å². The van der Waals surface area contributed by atoms with Gasteiger partial charge in [0, 0.05) is 62.8 Å². The zero-order valence-corrected chi connectivity index (χ0v) is 35.1. The van der Waals surface area contributed by atoms with Gasteiger partial charge in [-0.15, -0.1) is 0 Å². The molecule has 0 atom stereocenters. The molecule has 0 amide bonds. The normalized spacial score (nSPS) is 16.0. The number of aromatic nitrogens is 6. The number of oxazole rings is 2. The summed E-state index contributed by atoms with van der Waals surface area (Å²) in [6, 6.07) is 1.62. The van der Waals surface area contributed by atoms with Gasteiger partial charge in [-0.05, 0) is 25.7 Å². The molecule has 2 aliphatic heterocycles. The summed E-state index contributed by atoms with van der Waals surface area (Å²) in [7, 11) is -6.46. The molecule has 6 heterocycles. The van der Waals surface area contributed by atoms with Crippen molar-refractivity contribution in [1.82, 2.24) is 38.5 Å². The van der Waals surface area contributed by atoms with Crippen LogP contribution in [0.2, 0.25) is 0 Å². The molecule has 0 saturated carbocycles. The average molecular weight is 921 g/mol. The van der Waals surface area contributed by atoms with Crippen LogP contribution in [0.15, 0.2) is 46.1 Å². The topological polar surface area (TPSA) is 272 Å². The number of halogens is 4. The fourth-order valence-corrected chi connectivity index (χ4v) is 8.96. The van der Waals surface area contributed by atoms with Crippen LogP contribution in [0, 0.1) is 23.3 Å². The number of rotatable bonds is 10. The molecular formula is C36H36F4N12O7S3. The summed E-state index contributed by atoms with van der Waals surface area (Å²) in [5, 5.41) is 6.16. The molecule has 6 aromatic rings. The van der Waals surface area contributed by atoms with Crippen LogP contribution in [0.1, 0.15) is 52.7 Å². The molecule has 8 rings (SSSR count). The number of fused-ring (bicyclic) bond motifs is 2. The van der Waals surface area contributed by atoms with Gasteiger partial charge in [-0.3, -0.25) is 4.79 Å². The minimum atomic E-state index is -3.24. The molecule has 0 bridgehead atoms. The van der Waals surface area contributed by atoms with Gasteiger partial charge in [0.05, 0.1) is 34.1 Å². The molecule has 0 spiro atoms. The van der Waals surface area contributed by atoms with Gasteiger partial charge in [0.2, 0.25) is 37.7 Å². The van der Waals surface area contributed by atoms with Crippen LogP contribution in [0.3, 0.4) is 0 Å². The van der Waals surface area contributed by atoms with Crippen LogP contribution in [0.5, 0.6) is 0 Å². The molecule has 328 valence electrons. The molecule has 62 heavy (non-hydrogen) atoms. The SMILES string of the molecule is CS(=O)(=O)N1CCC(Nc2ncc(C(=O)c3c(F)c(F)cc4ncoc34)c(N)n2)CC1.CS(=O)(=O)N1CCC(Nc2ncc(C(=S)c3c(F)c(F)cc4ncoc34)c(N)n2)CC1. The van der Waals surface area contributed by atoms with Gasteiger partial charge < -0.3 is 30.9 Å². The summed E-state index contributed by atoms with van der Waals surface area (Å²) in [4.78, 5) is 36.8. The fraction of sp³-hybridized carbons (Fsp3) is 0.333. The van der Waals surface area contributed by atoms with Gasteiger partial charge in [-0.25, -0.2) is 62.9 Å². The van der Waals surface area contributed by atoms with E-state index in [2.05, 4.69) is 40.5 Å². The van der Waals surface area contributed by atoms with Gasteiger partial charge in [0.1, 0.15) is 28.2 Å². The molecule has 26 heteroatoms. The molecule has 0 radical (unpaired) electrons. The minimum Gasteiger partial charge on any atom is -0.443 e. The second kappa shape index (κ2) is 17.4. The van der Waals surface area contributed by atoms with Crippen LogP contribution in [-0.2, 0) is 20.0 Å². The summed E-state index contributed by atoms with van der Waals surface area (Å²) >= 11 is 5.33. The third kappa shape index (κ3) is 9.27. The van der Waals surface area contributed by atoms with Crippen LogP contribution < -0.4 is 22.1 Å². The van der Waals surface area contributed by atoms with E-state index < -0.39 is 54.7 Å². The second-order valence-corrected chi connectivity index (χ2v) is 18.7. The van der Waals surface area contributed by atoms with Crippen molar-refractivity contribution in [2.75, 3.05) is 60.8 Å². The standard InChI is InChI=1S/C18H18F2N6O4S.C18H18F2N6O3S2/c1-31(28,29)26-4-2-9(3-5-26)24-18-22-7-10(17(21)25-18)15(27)13-14(20)11(19)6-12-16(13)30-8-23-12;1-31(27,28)26-4-2-9(3-5-26)24-18-22-7-10(17(21)25-18)16(30)13-14(20)11(19)6-12-15(13)29-8-23-12/h2*6-9H,2-5H2,1H3,(H3,21,22,24,25). The molecule has 0 aliphatic carbocycles. The maximum absolute atomic E-state index is 14.5. The number of hydrogen-bond acceptors (Lipinski definition) is 18. The van der Waals surface area contributed by atoms with Crippen molar-refractivity contribution in [3.05, 3.63) is 82.8 Å². The third-order valence-corrected chi connectivity index (χ3v) is 13.2. The first-order valence-corrected chi connectivity index (χ1v) is 22.6. The van der Waals surface area contributed by atoms with E-state index in [-0.39, 0.29) is 79.4 Å². The van der Waals surface area contributed by atoms with Gasteiger partial charge >= 0.3 is 0 Å². The lowest BCUT2D eigenvalue weighted by atomic mass is 10.0. The smallest absolute Gasteiger partial charge is 0.224 e. The number of ketones is 1. The summed E-state index contributed by atoms with van der Waals surface area (Å²) < 4.78 is 116. The van der Waals surface area contributed by atoms with E-state index in [0.717, 1.165) is 37.4 Å². The Morgan fingerprint density at radius 2 is 1.10 bits per heavy atom. The zero-order valence-electron chi connectivity index (χ0n) is 32.6. The van der Waals surface area contributed by atoms with Crippen molar-refractivity contribution in [2.24, 2.45) is 0 Å². The number of piperidine rings is 2. The highest BCUT2D eigenvalue weighted by Gasteiger charge is 2.30. The molecule has 0 unspecified atom stereocenters. The highest BCUT2D eigenvalue weighted by Crippen LogP contribution is 2.30. The number of benzene rings is 2. The number of nitrogens with one attached hydrogen (secondary N) is 2. The van der Waals surface area contributed by atoms with Gasteiger partial charge in [0.25, 0.3) is 0 Å². The highest BCUT2D eigenvalue weighted by atomic mass is 32.2.